The fourth-order valence-electron chi connectivity index (χ4n) is 4.03. The van der Waals surface area contributed by atoms with Crippen LogP contribution in [0.1, 0.15) is 37.7 Å². The Hall–Kier alpha value is -1.71. The number of benzene rings is 1. The van der Waals surface area contributed by atoms with E-state index in [9.17, 15) is 4.79 Å². The molecule has 21 heavy (non-hydrogen) atoms. The molecular weight excluding hydrogens is 262 g/mol. The van der Waals surface area contributed by atoms with E-state index in [1.807, 2.05) is 4.90 Å². The predicted octanol–water partition coefficient (Wildman–Crippen LogP) is 2.91. The summed E-state index contributed by atoms with van der Waals surface area (Å²) >= 11 is 0. The molecule has 1 saturated carbocycles. The summed E-state index contributed by atoms with van der Waals surface area (Å²) in [6.45, 7) is 2.89. The Morgan fingerprint density at radius 1 is 1.10 bits per heavy atom. The van der Waals surface area contributed by atoms with E-state index in [1.165, 1.54) is 30.5 Å². The first-order chi connectivity index (χ1) is 10.3. The Morgan fingerprint density at radius 3 is 2.81 bits per heavy atom. The maximum absolute atomic E-state index is 12.6. The van der Waals surface area contributed by atoms with Crippen LogP contribution in [0.5, 0.6) is 0 Å². The second-order valence-corrected chi connectivity index (χ2v) is 6.46. The van der Waals surface area contributed by atoms with E-state index in [4.69, 9.17) is 0 Å². The van der Waals surface area contributed by atoms with Gasteiger partial charge in [0.05, 0.1) is 11.4 Å². The summed E-state index contributed by atoms with van der Waals surface area (Å²) in [5.41, 5.74) is 3.81. The van der Waals surface area contributed by atoms with Crippen LogP contribution in [-0.2, 0) is 6.42 Å². The minimum absolute atomic E-state index is 0.0977. The summed E-state index contributed by atoms with van der Waals surface area (Å²) in [4.78, 5) is 17.0. The van der Waals surface area contributed by atoms with Crippen LogP contribution in [0.3, 0.4) is 0 Å². The van der Waals surface area contributed by atoms with Gasteiger partial charge < -0.3 is 10.2 Å². The third-order valence-corrected chi connectivity index (χ3v) is 5.10. The van der Waals surface area contributed by atoms with E-state index in [0.29, 0.717) is 6.04 Å². The fraction of sp³-hybridized carbons (Fsp3) is 0.588. The summed E-state index contributed by atoms with van der Waals surface area (Å²) in [5.74, 6) is 0. The Balaban J connectivity index is 1.61. The molecule has 2 aliphatic heterocycles. The van der Waals surface area contributed by atoms with Gasteiger partial charge in [-0.15, -0.1) is 0 Å². The first-order valence-corrected chi connectivity index (χ1v) is 8.28. The molecule has 4 rings (SSSR count). The SMILES string of the molecule is O=C(NC1CCCC1)N1CCN2CCCc3cccc1c32. The van der Waals surface area contributed by atoms with Crippen molar-refractivity contribution < 1.29 is 4.79 Å². The highest BCUT2D eigenvalue weighted by atomic mass is 16.2. The Bertz CT molecular complexity index is 551. The molecular formula is C17H23N3O. The number of hydrogen-bond donors (Lipinski definition) is 1. The van der Waals surface area contributed by atoms with Gasteiger partial charge in [0.15, 0.2) is 0 Å². The van der Waals surface area contributed by atoms with Gasteiger partial charge in [-0.3, -0.25) is 4.90 Å². The number of nitrogens with zero attached hydrogens (tertiary/aromatic N) is 2. The average Bonchev–Trinajstić information content (AvgIpc) is 3.01. The highest BCUT2D eigenvalue weighted by molar-refractivity contribution is 5.97. The number of amides is 2. The number of aryl methyl sites for hydroxylation is 1. The van der Waals surface area contributed by atoms with Crippen molar-refractivity contribution in [2.45, 2.75) is 44.6 Å². The topological polar surface area (TPSA) is 35.6 Å². The van der Waals surface area contributed by atoms with Gasteiger partial charge in [-0.05, 0) is 37.3 Å². The Morgan fingerprint density at radius 2 is 1.95 bits per heavy atom. The molecule has 1 N–H and O–H groups in total. The number of anilines is 2. The zero-order valence-electron chi connectivity index (χ0n) is 12.5. The Kier molecular flexibility index (Phi) is 3.24. The van der Waals surface area contributed by atoms with Crippen molar-refractivity contribution in [1.82, 2.24) is 5.32 Å². The molecule has 0 saturated heterocycles. The van der Waals surface area contributed by atoms with Crippen LogP contribution in [0.15, 0.2) is 18.2 Å². The highest BCUT2D eigenvalue weighted by Gasteiger charge is 2.31. The molecule has 2 amide bonds. The smallest absolute Gasteiger partial charge is 0.322 e. The van der Waals surface area contributed by atoms with Crippen molar-refractivity contribution in [3.8, 4) is 0 Å². The second kappa shape index (κ2) is 5.24. The molecule has 1 aromatic carbocycles. The lowest BCUT2D eigenvalue weighted by molar-refractivity contribution is 0.242. The first-order valence-electron chi connectivity index (χ1n) is 8.28. The number of carbonyl (C=O) groups is 1. The number of carbonyl (C=O) groups excluding carboxylic acids is 1. The summed E-state index contributed by atoms with van der Waals surface area (Å²) in [5, 5.41) is 3.23. The van der Waals surface area contributed by atoms with Crippen molar-refractivity contribution in [3.63, 3.8) is 0 Å². The summed E-state index contributed by atoms with van der Waals surface area (Å²) in [6.07, 6.45) is 7.14. The molecule has 0 aromatic heterocycles. The molecule has 1 fully saturated rings. The van der Waals surface area contributed by atoms with E-state index < -0.39 is 0 Å². The molecule has 1 aromatic rings. The standard InChI is InChI=1S/C17H23N3O/c21-17(18-14-7-1-2-8-14)20-12-11-19-10-4-6-13-5-3-9-15(20)16(13)19/h3,5,9,14H,1-2,4,6-8,10-12H2,(H,18,21). The lowest BCUT2D eigenvalue weighted by Crippen LogP contribution is -2.51. The quantitative estimate of drug-likeness (QED) is 0.861. The lowest BCUT2D eigenvalue weighted by atomic mass is 9.98. The highest BCUT2D eigenvalue weighted by Crippen LogP contribution is 2.39. The van der Waals surface area contributed by atoms with Gasteiger partial charge in [-0.2, -0.15) is 0 Å². The van der Waals surface area contributed by atoms with Crippen LogP contribution in [0.2, 0.25) is 0 Å². The fourth-order valence-corrected chi connectivity index (χ4v) is 4.03. The molecule has 2 heterocycles. The molecule has 112 valence electrons. The van der Waals surface area contributed by atoms with Crippen LogP contribution in [0.4, 0.5) is 16.2 Å². The van der Waals surface area contributed by atoms with E-state index in [0.717, 1.165) is 44.6 Å². The van der Waals surface area contributed by atoms with Crippen LogP contribution >= 0.6 is 0 Å². The van der Waals surface area contributed by atoms with Gasteiger partial charge in [0.1, 0.15) is 0 Å². The first kappa shape index (κ1) is 13.0. The van der Waals surface area contributed by atoms with Crippen molar-refractivity contribution in [1.29, 1.82) is 0 Å². The molecule has 1 aliphatic carbocycles. The van der Waals surface area contributed by atoms with Crippen molar-refractivity contribution in [3.05, 3.63) is 23.8 Å². The molecule has 0 atom stereocenters. The van der Waals surface area contributed by atoms with Gasteiger partial charge in [0.2, 0.25) is 0 Å². The maximum atomic E-state index is 12.6. The monoisotopic (exact) mass is 285 g/mol. The largest absolute Gasteiger partial charge is 0.368 e. The van der Waals surface area contributed by atoms with Crippen molar-refractivity contribution in [2.75, 3.05) is 29.4 Å². The second-order valence-electron chi connectivity index (χ2n) is 6.46. The van der Waals surface area contributed by atoms with E-state index in [-0.39, 0.29) is 6.03 Å². The normalized spacial score (nSPS) is 21.3. The van der Waals surface area contributed by atoms with Crippen LogP contribution in [-0.4, -0.2) is 31.7 Å². The number of hydrogen-bond acceptors (Lipinski definition) is 2. The molecule has 4 heteroatoms. The van der Waals surface area contributed by atoms with Gasteiger partial charge in [-0.1, -0.05) is 25.0 Å². The minimum atomic E-state index is 0.0977. The molecule has 0 radical (unpaired) electrons. The van der Waals surface area contributed by atoms with E-state index in [2.05, 4.69) is 28.4 Å². The molecule has 0 spiro atoms. The van der Waals surface area contributed by atoms with Crippen molar-refractivity contribution in [2.24, 2.45) is 0 Å². The number of para-hydroxylation sites is 1. The third-order valence-electron chi connectivity index (χ3n) is 5.10. The van der Waals surface area contributed by atoms with Gasteiger partial charge in [0, 0.05) is 25.7 Å². The van der Waals surface area contributed by atoms with E-state index in [1.54, 1.807) is 0 Å². The molecule has 0 unspecified atom stereocenters. The van der Waals surface area contributed by atoms with Crippen LogP contribution in [0, 0.1) is 0 Å². The van der Waals surface area contributed by atoms with E-state index >= 15 is 0 Å². The number of rotatable bonds is 1. The zero-order chi connectivity index (χ0) is 14.2. The number of nitrogens with one attached hydrogen (secondary N) is 1. The molecule has 3 aliphatic rings. The van der Waals surface area contributed by atoms with Gasteiger partial charge >= 0.3 is 6.03 Å². The maximum Gasteiger partial charge on any atom is 0.322 e. The van der Waals surface area contributed by atoms with Gasteiger partial charge in [-0.25, -0.2) is 4.79 Å². The van der Waals surface area contributed by atoms with Crippen molar-refractivity contribution >= 4 is 17.4 Å². The Labute approximate surface area is 126 Å². The predicted molar refractivity (Wildman–Crippen MR) is 85.1 cm³/mol. The summed E-state index contributed by atoms with van der Waals surface area (Å²) < 4.78 is 0. The lowest BCUT2D eigenvalue weighted by Gasteiger charge is -2.41. The average molecular weight is 285 g/mol. The third kappa shape index (κ3) is 2.27. The minimum Gasteiger partial charge on any atom is -0.368 e. The summed E-state index contributed by atoms with van der Waals surface area (Å²) in [6, 6.07) is 6.89. The van der Waals surface area contributed by atoms with Crippen LogP contribution < -0.4 is 15.1 Å². The van der Waals surface area contributed by atoms with Crippen LogP contribution in [0.25, 0.3) is 0 Å². The molecule has 4 nitrogen and oxygen atoms in total. The summed E-state index contributed by atoms with van der Waals surface area (Å²) in [7, 11) is 0. The number of urea groups is 1. The molecule has 0 bridgehead atoms. The van der Waals surface area contributed by atoms with Gasteiger partial charge in [0.25, 0.3) is 0 Å². The zero-order valence-corrected chi connectivity index (χ0v) is 12.5.